The van der Waals surface area contributed by atoms with Gasteiger partial charge in [-0.15, -0.1) is 45.3 Å². The van der Waals surface area contributed by atoms with Gasteiger partial charge < -0.3 is 0 Å². The fraction of sp³-hybridized carbons (Fsp3) is 0. The standard InChI is InChI=1S/C30H16N4S4/c1-3-7-17(8-4-1)27-31-15-25(37-27)29-33-21-11-19-14-24-22(12-20(19)13-23(21)35-29)34-30(36-24)26-16-32-28(38-26)18-9-5-2-6-10-18/h1-16H. The van der Waals surface area contributed by atoms with Crippen LogP contribution >= 0.6 is 45.3 Å². The first kappa shape index (κ1) is 22.2. The SMILES string of the molecule is c1ccc(-c2ncc(-c3nc4cc5cc6sc(-c7cnc(-c8ccccc8)s7)nc6cc5cc4s3)s2)cc1. The number of nitrogens with zero attached hydrogens (tertiary/aromatic N) is 4. The molecule has 0 amide bonds. The molecule has 4 nitrogen and oxygen atoms in total. The normalized spacial score (nSPS) is 11.7. The second-order valence-electron chi connectivity index (χ2n) is 8.82. The molecule has 4 aromatic carbocycles. The van der Waals surface area contributed by atoms with Crippen LogP contribution in [0.5, 0.6) is 0 Å². The summed E-state index contributed by atoms with van der Waals surface area (Å²) in [6, 6.07) is 29.5. The summed E-state index contributed by atoms with van der Waals surface area (Å²) >= 11 is 6.81. The van der Waals surface area contributed by atoms with Gasteiger partial charge in [-0.1, -0.05) is 60.7 Å². The number of fused-ring (bicyclic) bond motifs is 3. The lowest BCUT2D eigenvalue weighted by molar-refractivity contribution is 1.40. The van der Waals surface area contributed by atoms with Crippen molar-refractivity contribution in [3.63, 3.8) is 0 Å². The Morgan fingerprint density at radius 3 is 1.34 bits per heavy atom. The third-order valence-corrected chi connectivity index (χ3v) is 10.8. The summed E-state index contributed by atoms with van der Waals surface area (Å²) in [6.45, 7) is 0. The van der Waals surface area contributed by atoms with Crippen LogP contribution in [0.25, 0.3) is 72.1 Å². The number of hydrogen-bond acceptors (Lipinski definition) is 8. The molecule has 0 atom stereocenters. The number of aromatic nitrogens is 4. The largest absolute Gasteiger partial charge is 0.244 e. The molecule has 0 aliphatic carbocycles. The molecule has 0 bridgehead atoms. The topological polar surface area (TPSA) is 51.6 Å². The van der Waals surface area contributed by atoms with E-state index < -0.39 is 0 Å². The van der Waals surface area contributed by atoms with Gasteiger partial charge in [-0.05, 0) is 35.0 Å². The van der Waals surface area contributed by atoms with Crippen molar-refractivity contribution >= 4 is 76.6 Å². The second kappa shape index (κ2) is 8.89. The van der Waals surface area contributed by atoms with Crippen LogP contribution in [0.3, 0.4) is 0 Å². The number of hydrogen-bond donors (Lipinski definition) is 0. The van der Waals surface area contributed by atoms with Crippen molar-refractivity contribution in [1.29, 1.82) is 0 Å². The van der Waals surface area contributed by atoms with Crippen LogP contribution < -0.4 is 0 Å². The van der Waals surface area contributed by atoms with E-state index in [-0.39, 0.29) is 0 Å². The summed E-state index contributed by atoms with van der Waals surface area (Å²) in [5, 5.41) is 6.42. The Labute approximate surface area is 233 Å². The van der Waals surface area contributed by atoms with E-state index in [1.54, 1.807) is 45.3 Å². The van der Waals surface area contributed by atoms with E-state index in [4.69, 9.17) is 9.97 Å². The van der Waals surface area contributed by atoms with E-state index in [1.165, 1.54) is 20.2 Å². The fourth-order valence-corrected chi connectivity index (χ4v) is 8.39. The number of rotatable bonds is 4. The van der Waals surface area contributed by atoms with Crippen molar-refractivity contribution < 1.29 is 0 Å². The molecule has 0 unspecified atom stereocenters. The highest BCUT2D eigenvalue weighted by molar-refractivity contribution is 7.27. The van der Waals surface area contributed by atoms with E-state index in [9.17, 15) is 0 Å². The van der Waals surface area contributed by atoms with Crippen LogP contribution in [-0.2, 0) is 0 Å². The average molecular weight is 561 g/mol. The lowest BCUT2D eigenvalue weighted by Crippen LogP contribution is -1.76. The van der Waals surface area contributed by atoms with Gasteiger partial charge in [0.05, 0.1) is 30.2 Å². The van der Waals surface area contributed by atoms with Crippen molar-refractivity contribution in [3.05, 3.63) is 97.3 Å². The monoisotopic (exact) mass is 560 g/mol. The minimum Gasteiger partial charge on any atom is -0.244 e. The van der Waals surface area contributed by atoms with Gasteiger partial charge in [0.25, 0.3) is 0 Å². The second-order valence-corrected chi connectivity index (χ2v) is 12.9. The molecule has 8 rings (SSSR count). The molecule has 0 aliphatic rings. The molecule has 4 heterocycles. The van der Waals surface area contributed by atoms with Gasteiger partial charge in [0.15, 0.2) is 0 Å². The van der Waals surface area contributed by atoms with Gasteiger partial charge in [-0.2, -0.15) is 0 Å². The molecule has 180 valence electrons. The summed E-state index contributed by atoms with van der Waals surface area (Å²) in [5.41, 5.74) is 4.31. The fourth-order valence-electron chi connectivity index (χ4n) is 4.48. The van der Waals surface area contributed by atoms with E-state index in [2.05, 4.69) is 58.5 Å². The van der Waals surface area contributed by atoms with E-state index in [0.717, 1.165) is 51.9 Å². The van der Waals surface area contributed by atoms with Gasteiger partial charge in [0, 0.05) is 23.5 Å². The lowest BCUT2D eigenvalue weighted by atomic mass is 10.1. The predicted molar refractivity (Wildman–Crippen MR) is 163 cm³/mol. The van der Waals surface area contributed by atoms with Crippen molar-refractivity contribution in [3.8, 4) is 40.9 Å². The molecule has 0 spiro atoms. The third kappa shape index (κ3) is 3.85. The van der Waals surface area contributed by atoms with Crippen LogP contribution in [0.4, 0.5) is 0 Å². The molecule has 4 aromatic heterocycles. The highest BCUT2D eigenvalue weighted by Crippen LogP contribution is 2.40. The highest BCUT2D eigenvalue weighted by atomic mass is 32.1. The van der Waals surface area contributed by atoms with Crippen LogP contribution in [0.15, 0.2) is 97.3 Å². The molecule has 8 heteroatoms. The smallest absolute Gasteiger partial charge is 0.136 e. The molecule has 8 aromatic rings. The van der Waals surface area contributed by atoms with Gasteiger partial charge in [-0.25, -0.2) is 19.9 Å². The summed E-state index contributed by atoms with van der Waals surface area (Å²) in [6.07, 6.45) is 3.88. The first-order valence-electron chi connectivity index (χ1n) is 11.9. The Bertz CT molecular complexity index is 1870. The van der Waals surface area contributed by atoms with Gasteiger partial charge in [0.1, 0.15) is 20.0 Å². The van der Waals surface area contributed by atoms with E-state index in [0.29, 0.717) is 0 Å². The molecule has 38 heavy (non-hydrogen) atoms. The van der Waals surface area contributed by atoms with Gasteiger partial charge in [0.2, 0.25) is 0 Å². The third-order valence-electron chi connectivity index (χ3n) is 6.33. The van der Waals surface area contributed by atoms with Crippen LogP contribution in [0.1, 0.15) is 0 Å². The van der Waals surface area contributed by atoms with Crippen LogP contribution in [0.2, 0.25) is 0 Å². The molecular formula is C30H16N4S4. The molecule has 0 saturated carbocycles. The molecule has 0 N–H and O–H groups in total. The Balaban J connectivity index is 1.15. The molecule has 0 radical (unpaired) electrons. The van der Waals surface area contributed by atoms with Crippen LogP contribution in [-0.4, -0.2) is 19.9 Å². The van der Waals surface area contributed by atoms with Gasteiger partial charge >= 0.3 is 0 Å². The van der Waals surface area contributed by atoms with Crippen molar-refractivity contribution in [2.75, 3.05) is 0 Å². The summed E-state index contributed by atoms with van der Waals surface area (Å²) in [5.74, 6) is 0. The summed E-state index contributed by atoms with van der Waals surface area (Å²) in [4.78, 5) is 21.4. The Hall–Kier alpha value is -3.82. The zero-order chi connectivity index (χ0) is 25.1. The molecule has 0 saturated heterocycles. The Morgan fingerprint density at radius 2 is 0.895 bits per heavy atom. The Kier molecular flexibility index (Phi) is 5.19. The molecule has 0 aliphatic heterocycles. The Morgan fingerprint density at radius 1 is 0.447 bits per heavy atom. The number of benzene rings is 4. The molecular weight excluding hydrogens is 545 g/mol. The first-order chi connectivity index (χ1) is 18.8. The predicted octanol–water partition coefficient (Wildman–Crippen LogP) is 9.64. The van der Waals surface area contributed by atoms with Crippen molar-refractivity contribution in [2.45, 2.75) is 0 Å². The van der Waals surface area contributed by atoms with Crippen molar-refractivity contribution in [2.24, 2.45) is 0 Å². The average Bonchev–Trinajstić information content (AvgIpc) is 3.76. The molecule has 0 fully saturated rings. The maximum atomic E-state index is 4.97. The zero-order valence-corrected chi connectivity index (χ0v) is 22.9. The lowest BCUT2D eigenvalue weighted by Gasteiger charge is -1.97. The van der Waals surface area contributed by atoms with Crippen molar-refractivity contribution in [1.82, 2.24) is 19.9 Å². The first-order valence-corrected chi connectivity index (χ1v) is 15.2. The maximum absolute atomic E-state index is 4.97. The summed E-state index contributed by atoms with van der Waals surface area (Å²) in [7, 11) is 0. The van der Waals surface area contributed by atoms with Crippen LogP contribution in [0, 0.1) is 0 Å². The zero-order valence-electron chi connectivity index (χ0n) is 19.7. The van der Waals surface area contributed by atoms with Gasteiger partial charge in [-0.3, -0.25) is 0 Å². The minimum absolute atomic E-state index is 1.01. The quantitative estimate of drug-likeness (QED) is 0.215. The number of thiazole rings is 4. The highest BCUT2D eigenvalue weighted by Gasteiger charge is 2.15. The van der Waals surface area contributed by atoms with E-state index >= 15 is 0 Å². The summed E-state index contributed by atoms with van der Waals surface area (Å²) < 4.78 is 2.35. The maximum Gasteiger partial charge on any atom is 0.136 e. The minimum atomic E-state index is 1.01. The van der Waals surface area contributed by atoms with E-state index in [1.807, 2.05) is 48.8 Å².